The van der Waals surface area contributed by atoms with Crippen LogP contribution in [0.25, 0.3) is 0 Å². The van der Waals surface area contributed by atoms with Gasteiger partial charge in [-0.1, -0.05) is 167 Å². The zero-order valence-corrected chi connectivity index (χ0v) is 80.5. The number of unbranched alkanes of at least 4 members (excludes halogenated alkanes) is 23. The smallest absolute Gasteiger partial charge is 0.364 e. The van der Waals surface area contributed by atoms with Crippen molar-refractivity contribution in [3.05, 3.63) is 12.2 Å². The molecule has 140 heavy (non-hydrogen) atoms. The molecule has 0 aromatic rings. The molecule has 814 valence electrons. The number of carbonyl (C=O) groups is 5. The molecule has 8 heterocycles. The summed E-state index contributed by atoms with van der Waals surface area (Å²) in [6, 6.07) is -7.06. The molecule has 0 aliphatic carbocycles. The van der Waals surface area contributed by atoms with E-state index in [-0.39, 0.29) is 6.42 Å². The van der Waals surface area contributed by atoms with Gasteiger partial charge in [0.05, 0.1) is 83.3 Å². The van der Waals surface area contributed by atoms with E-state index < -0.39 is 352 Å². The van der Waals surface area contributed by atoms with Gasteiger partial charge in [-0.3, -0.25) is 19.2 Å². The molecular formula is C91H160N4O45. The number of aliphatic carboxylic acids is 1. The third-order valence-electron chi connectivity index (χ3n) is 26.8. The first-order valence-corrected chi connectivity index (χ1v) is 49.5. The second-order valence-corrected chi connectivity index (χ2v) is 37.8. The number of allylic oxidation sites excluding steroid dienone is 1. The van der Waals surface area contributed by atoms with E-state index >= 15 is 0 Å². The molecule has 16 unspecified atom stereocenters. The molecule has 43 atom stereocenters. The van der Waals surface area contributed by atoms with Crippen LogP contribution in [0.4, 0.5) is 0 Å². The molecule has 0 spiro atoms. The Hall–Kier alpha value is -4.47. The van der Waals surface area contributed by atoms with Crippen molar-refractivity contribution in [1.82, 2.24) is 21.3 Å². The van der Waals surface area contributed by atoms with Crippen LogP contribution in [0.15, 0.2) is 12.2 Å². The van der Waals surface area contributed by atoms with Gasteiger partial charge >= 0.3 is 5.97 Å². The highest BCUT2D eigenvalue weighted by atomic mass is 16.8. The molecule has 28 N–H and O–H groups in total. The summed E-state index contributed by atoms with van der Waals surface area (Å²) in [5.41, 5.74) is 0. The van der Waals surface area contributed by atoms with Crippen molar-refractivity contribution in [2.24, 2.45) is 0 Å². The van der Waals surface area contributed by atoms with Crippen molar-refractivity contribution in [3.63, 3.8) is 0 Å². The van der Waals surface area contributed by atoms with E-state index in [1.54, 1.807) is 6.08 Å². The molecule has 0 aromatic heterocycles. The van der Waals surface area contributed by atoms with E-state index in [0.29, 0.717) is 12.8 Å². The van der Waals surface area contributed by atoms with Crippen LogP contribution in [0.5, 0.6) is 0 Å². The second-order valence-electron chi connectivity index (χ2n) is 37.8. The highest BCUT2D eigenvalue weighted by molar-refractivity contribution is 5.77. The SMILES string of the molecule is CCCCCCCCCCCCC/C=C/[C@@H](O)[C@H](CO[C@@H]1OC(CO)[C@@H](O[C@@H]2OC(CO[C@@H]3OC(CO)[C@@H](O[C@@H]4OC(CO)[C@H](O)[C@H](O)C4O)[C@H](O)C3NC(C)=O)[C@H](O)[C@H](O[C@@H]3OC(CO)[C@@H](O[C@H]4OC(C)[C@@H](O)C(O)[C@@H]4O)[C@H](O[C@@H]4OC(CO)[C@H](O)[C@H](O[C@]5(C(=O)O)CC(O)[C@@H](NC(C)=O)C([C@H](O)[C@H](O)CO)O5)C4O)C3NC(C)=O)C2O)[C@H](O)C1O)NC(=O)CCCCCCCCCCCCCCC. The largest absolute Gasteiger partial charge is 0.477 e. The number of nitrogens with one attached hydrogen (secondary N) is 4. The van der Waals surface area contributed by atoms with Crippen molar-refractivity contribution in [2.75, 3.05) is 52.9 Å². The zero-order valence-electron chi connectivity index (χ0n) is 80.5. The number of aliphatic hydroxyl groups excluding tert-OH is 23. The van der Waals surface area contributed by atoms with Crippen LogP contribution in [-0.4, -0.2) is 468 Å². The number of ether oxygens (including phenoxy) is 16. The van der Waals surface area contributed by atoms with Crippen LogP contribution in [0.1, 0.15) is 215 Å². The quantitative estimate of drug-likeness (QED) is 0.0199. The number of amides is 4. The van der Waals surface area contributed by atoms with Gasteiger partial charge in [0.25, 0.3) is 5.79 Å². The predicted molar refractivity (Wildman–Crippen MR) is 477 cm³/mol. The van der Waals surface area contributed by atoms with E-state index in [9.17, 15) is 147 Å². The molecule has 0 radical (unpaired) electrons. The summed E-state index contributed by atoms with van der Waals surface area (Å²) in [4.78, 5) is 67.0. The maximum atomic E-state index is 14.0. The highest BCUT2D eigenvalue weighted by Crippen LogP contribution is 2.43. The minimum Gasteiger partial charge on any atom is -0.477 e. The lowest BCUT2D eigenvalue weighted by Crippen LogP contribution is -2.72. The lowest BCUT2D eigenvalue weighted by Gasteiger charge is -2.52. The summed E-state index contributed by atoms with van der Waals surface area (Å²) in [6.45, 7) is -0.291. The minimum absolute atomic E-state index is 0.0798. The van der Waals surface area contributed by atoms with Crippen LogP contribution in [0.3, 0.4) is 0 Å². The Kier molecular flexibility index (Phi) is 52.0. The molecule has 49 heteroatoms. The Morgan fingerprint density at radius 1 is 0.393 bits per heavy atom. The molecule has 8 aliphatic heterocycles. The molecule has 8 aliphatic rings. The Bertz CT molecular complexity index is 3580. The fraction of sp³-hybridized carbons (Fsp3) is 0.923. The fourth-order valence-electron chi connectivity index (χ4n) is 18.7. The summed E-state index contributed by atoms with van der Waals surface area (Å²) in [6.07, 6.45) is -52.2. The second kappa shape index (κ2) is 60.3. The van der Waals surface area contributed by atoms with Gasteiger partial charge in [0.2, 0.25) is 23.6 Å². The average Bonchev–Trinajstić information content (AvgIpc) is 0.753. The number of carbonyl (C=O) groups excluding carboxylic acids is 4. The maximum Gasteiger partial charge on any atom is 0.364 e. The molecular weight excluding hydrogens is 1870 g/mol. The third-order valence-corrected chi connectivity index (χ3v) is 26.8. The van der Waals surface area contributed by atoms with Crippen LogP contribution in [0, 0.1) is 0 Å². The van der Waals surface area contributed by atoms with Crippen molar-refractivity contribution >= 4 is 29.6 Å². The summed E-state index contributed by atoms with van der Waals surface area (Å²) in [7, 11) is 0. The molecule has 0 saturated carbocycles. The predicted octanol–water partition coefficient (Wildman–Crippen LogP) is -7.18. The monoisotopic (exact) mass is 2030 g/mol. The van der Waals surface area contributed by atoms with Crippen LogP contribution < -0.4 is 21.3 Å². The third kappa shape index (κ3) is 33.5. The topological polar surface area (TPSA) is 767 Å². The van der Waals surface area contributed by atoms with Gasteiger partial charge in [0.15, 0.2) is 44.0 Å². The molecule has 49 nitrogen and oxygen atoms in total. The molecule has 8 fully saturated rings. The van der Waals surface area contributed by atoms with E-state index in [1.165, 1.54) is 90.0 Å². The maximum absolute atomic E-state index is 14.0. The van der Waals surface area contributed by atoms with Gasteiger partial charge in [0, 0.05) is 33.6 Å². The van der Waals surface area contributed by atoms with Crippen molar-refractivity contribution in [2.45, 2.75) is 478 Å². The number of rotatable bonds is 59. The summed E-state index contributed by atoms with van der Waals surface area (Å²) in [5.74, 6) is -8.90. The number of carboxylic acids is 1. The Labute approximate surface area is 813 Å². The van der Waals surface area contributed by atoms with Gasteiger partial charge in [0.1, 0.15) is 183 Å². The van der Waals surface area contributed by atoms with Gasteiger partial charge in [-0.15, -0.1) is 0 Å². The van der Waals surface area contributed by atoms with Gasteiger partial charge in [-0.2, -0.15) is 0 Å². The van der Waals surface area contributed by atoms with Crippen molar-refractivity contribution in [3.8, 4) is 0 Å². The molecule has 8 saturated heterocycles. The first kappa shape index (κ1) is 121. The van der Waals surface area contributed by atoms with Crippen LogP contribution in [-0.2, 0) is 99.8 Å². The average molecular weight is 2030 g/mol. The van der Waals surface area contributed by atoms with Gasteiger partial charge in [-0.05, 0) is 26.2 Å². The van der Waals surface area contributed by atoms with Crippen molar-refractivity contribution in [1.29, 1.82) is 0 Å². The summed E-state index contributed by atoms with van der Waals surface area (Å²) >= 11 is 0. The minimum atomic E-state index is -3.39. The van der Waals surface area contributed by atoms with E-state index in [4.69, 9.17) is 75.8 Å². The van der Waals surface area contributed by atoms with Gasteiger partial charge in [-0.25, -0.2) is 4.79 Å². The highest BCUT2D eigenvalue weighted by Gasteiger charge is 2.63. The number of aliphatic hydroxyl groups is 23. The summed E-state index contributed by atoms with van der Waals surface area (Å²) in [5, 5.41) is 283. The zero-order chi connectivity index (χ0) is 103. The first-order valence-electron chi connectivity index (χ1n) is 49.5. The fourth-order valence-corrected chi connectivity index (χ4v) is 18.7. The van der Waals surface area contributed by atoms with Crippen LogP contribution in [0.2, 0.25) is 0 Å². The number of carboxylic acid groups (broad SMARTS) is 1. The first-order chi connectivity index (χ1) is 66.8. The van der Waals surface area contributed by atoms with E-state index in [1.807, 2.05) is 0 Å². The normalized spacial score (nSPS) is 39.2. The Morgan fingerprint density at radius 2 is 0.800 bits per heavy atom. The lowest BCUT2D eigenvalue weighted by molar-refractivity contribution is -0.400. The number of hydrogen-bond acceptors (Lipinski definition) is 44. The van der Waals surface area contributed by atoms with E-state index in [2.05, 4.69) is 35.1 Å². The number of hydrogen-bond donors (Lipinski definition) is 28. The Morgan fingerprint density at radius 3 is 1.32 bits per heavy atom. The van der Waals surface area contributed by atoms with Crippen LogP contribution >= 0.6 is 0 Å². The summed E-state index contributed by atoms with van der Waals surface area (Å²) < 4.78 is 97.5. The van der Waals surface area contributed by atoms with E-state index in [0.717, 1.165) is 91.4 Å². The Balaban J connectivity index is 1.12. The molecule has 0 bridgehead atoms. The van der Waals surface area contributed by atoms with Gasteiger partial charge < -0.3 is 220 Å². The molecule has 0 aromatic carbocycles. The molecule has 8 rings (SSSR count). The molecule has 4 amide bonds. The lowest BCUT2D eigenvalue weighted by atomic mass is 9.88. The standard InChI is InChI=1S/C91H160N4O45/c1-7-9-11-13-15-17-19-21-23-25-27-29-31-33-49(105)48(95-58(108)34-32-30-28-26-24-22-20-18-16-14-12-10-8-2)42-125-85-73(120)70(117)77(55(40-100)132-85)135-88-74(121)81(66(113)57(133-88)43-126-83-60(93-46(5)103)67(114)76(54(39-99)130-83)134-87-72(119)69(116)64(111)52(37-97)128-87)138-84-61(94-47(6)104)80(78(56(41-101)131-84)136-86-71(118)68(115)62(109)44(3)127-86)137-89-75(122)82(65(112)53(38-98)129-89)140-91(90(123)124)35-50(106)59(92-45(4)102)79(139-91)63(110)51(107)36-96/h31,33,44,48-57,59-89,96-101,105-107,109-122H,7-30,32,34-43H2,1-6H3,(H,92,102)(H,93,103)(H,94,104)(H,95,108)(H,123,124)/b33-31+/t44?,48-,49+,50?,51+,52?,53?,54?,55?,56?,57?,59+,60?,61?,62+,63+,64-,65-,66-,67+,68?,69-,70+,71-,72?,73?,74?,75?,76+,77+,78+,79?,80+,81-,82-,83+,84-,85+,86+,87-,88-,89-,91-/m0/s1. The van der Waals surface area contributed by atoms with Crippen molar-refractivity contribution < 1.29 is 222 Å².